The minimum Gasteiger partial charge on any atom is -0.484 e. The summed E-state index contributed by atoms with van der Waals surface area (Å²) in [6.07, 6.45) is 4.19. The number of ether oxygens (including phenoxy) is 1. The average Bonchev–Trinajstić information content (AvgIpc) is 3.45. The van der Waals surface area contributed by atoms with E-state index in [1.54, 1.807) is 6.07 Å². The average molecular weight is 642 g/mol. The van der Waals surface area contributed by atoms with E-state index in [0.29, 0.717) is 37.2 Å². The van der Waals surface area contributed by atoms with Crippen molar-refractivity contribution in [3.05, 3.63) is 71.3 Å². The molecule has 3 heterocycles. The Labute approximate surface area is 276 Å². The summed E-state index contributed by atoms with van der Waals surface area (Å²) in [5.41, 5.74) is 3.15. The predicted molar refractivity (Wildman–Crippen MR) is 183 cm³/mol. The van der Waals surface area contributed by atoms with Crippen LogP contribution >= 0.6 is 0 Å². The number of fused-ring (bicyclic) bond motifs is 2. The lowest BCUT2D eigenvalue weighted by atomic mass is 9.85. The molecule has 0 bridgehead atoms. The summed E-state index contributed by atoms with van der Waals surface area (Å²) in [5, 5.41) is 14.7. The lowest BCUT2D eigenvalue weighted by Crippen LogP contribution is -2.36. The first kappa shape index (κ1) is 33.8. The Bertz CT molecular complexity index is 1710. The SMILES string of the molecule is CCN(CC)c1nnc2ccc(O[C@@H]3CC[C@H](NC(=O)Nc4cc(C(C)(C)C)nc(C(=O)CCCN(C)C)n4)c4ccccc43)cn12. The van der Waals surface area contributed by atoms with Gasteiger partial charge >= 0.3 is 6.03 Å². The zero-order valence-corrected chi connectivity index (χ0v) is 28.6. The van der Waals surface area contributed by atoms with Crippen LogP contribution in [-0.4, -0.2) is 75.0 Å². The second-order valence-electron chi connectivity index (χ2n) is 13.3. The number of amides is 2. The Kier molecular flexibility index (Phi) is 10.4. The number of nitrogens with zero attached hydrogens (tertiary/aromatic N) is 7. The number of ketones is 1. The zero-order chi connectivity index (χ0) is 33.7. The molecule has 12 nitrogen and oxygen atoms in total. The summed E-state index contributed by atoms with van der Waals surface area (Å²) in [6, 6.07) is 13.0. The Hall–Kier alpha value is -4.58. The van der Waals surface area contributed by atoms with Crippen molar-refractivity contribution in [2.24, 2.45) is 0 Å². The lowest BCUT2D eigenvalue weighted by molar-refractivity contribution is 0.0966. The number of hydrogen-bond donors (Lipinski definition) is 2. The van der Waals surface area contributed by atoms with Crippen LogP contribution in [0.3, 0.4) is 0 Å². The van der Waals surface area contributed by atoms with Crippen LogP contribution < -0.4 is 20.3 Å². The summed E-state index contributed by atoms with van der Waals surface area (Å²) in [7, 11) is 3.95. The van der Waals surface area contributed by atoms with Crippen molar-refractivity contribution in [1.29, 1.82) is 0 Å². The number of nitrogens with one attached hydrogen (secondary N) is 2. The molecule has 250 valence electrons. The maximum absolute atomic E-state index is 13.4. The highest BCUT2D eigenvalue weighted by Crippen LogP contribution is 2.39. The number of carbonyl (C=O) groups is 2. The van der Waals surface area contributed by atoms with Crippen LogP contribution in [0.5, 0.6) is 5.75 Å². The summed E-state index contributed by atoms with van der Waals surface area (Å²) < 4.78 is 8.52. The maximum atomic E-state index is 13.4. The fourth-order valence-corrected chi connectivity index (χ4v) is 5.84. The number of hydrogen-bond acceptors (Lipinski definition) is 9. The van der Waals surface area contributed by atoms with Gasteiger partial charge in [-0.3, -0.25) is 14.5 Å². The first-order valence-corrected chi connectivity index (χ1v) is 16.5. The van der Waals surface area contributed by atoms with Gasteiger partial charge in [-0.25, -0.2) is 14.8 Å². The summed E-state index contributed by atoms with van der Waals surface area (Å²) >= 11 is 0. The quantitative estimate of drug-likeness (QED) is 0.180. The van der Waals surface area contributed by atoms with Gasteiger partial charge in [0.2, 0.25) is 5.95 Å². The van der Waals surface area contributed by atoms with Gasteiger partial charge in [-0.1, -0.05) is 45.0 Å². The van der Waals surface area contributed by atoms with E-state index in [-0.39, 0.29) is 29.2 Å². The molecule has 0 spiro atoms. The van der Waals surface area contributed by atoms with Crippen LogP contribution in [0.1, 0.15) is 99.9 Å². The van der Waals surface area contributed by atoms with Gasteiger partial charge < -0.3 is 19.9 Å². The van der Waals surface area contributed by atoms with Crippen LogP contribution in [-0.2, 0) is 5.41 Å². The molecule has 1 aliphatic carbocycles. The molecular weight excluding hydrogens is 594 g/mol. The number of anilines is 2. The minimum absolute atomic E-state index is 0.128. The fraction of sp³-hybridized carbons (Fsp3) is 0.486. The maximum Gasteiger partial charge on any atom is 0.320 e. The van der Waals surface area contributed by atoms with Crippen molar-refractivity contribution in [3.8, 4) is 5.75 Å². The number of benzene rings is 1. The fourth-order valence-electron chi connectivity index (χ4n) is 5.84. The molecule has 2 N–H and O–H groups in total. The molecule has 0 saturated heterocycles. The third kappa shape index (κ3) is 8.05. The van der Waals surface area contributed by atoms with E-state index in [4.69, 9.17) is 4.74 Å². The smallest absolute Gasteiger partial charge is 0.320 e. The molecule has 3 aromatic heterocycles. The second kappa shape index (κ2) is 14.5. The first-order valence-electron chi connectivity index (χ1n) is 16.5. The minimum atomic E-state index is -0.393. The van der Waals surface area contributed by atoms with Crippen molar-refractivity contribution < 1.29 is 14.3 Å². The Balaban J connectivity index is 1.30. The number of urea groups is 1. The molecule has 2 atom stereocenters. The predicted octanol–water partition coefficient (Wildman–Crippen LogP) is 5.96. The van der Waals surface area contributed by atoms with E-state index < -0.39 is 6.03 Å². The van der Waals surface area contributed by atoms with Gasteiger partial charge in [0.15, 0.2) is 17.3 Å². The summed E-state index contributed by atoms with van der Waals surface area (Å²) in [4.78, 5) is 39.6. The van der Waals surface area contributed by atoms with Gasteiger partial charge in [-0.05, 0) is 77.0 Å². The van der Waals surface area contributed by atoms with Gasteiger partial charge in [-0.2, -0.15) is 0 Å². The van der Waals surface area contributed by atoms with Gasteiger partial charge in [-0.15, -0.1) is 10.2 Å². The van der Waals surface area contributed by atoms with E-state index in [1.165, 1.54) is 0 Å². The molecule has 1 aliphatic rings. The van der Waals surface area contributed by atoms with E-state index in [1.807, 2.05) is 80.7 Å². The molecule has 0 radical (unpaired) electrons. The van der Waals surface area contributed by atoms with Gasteiger partial charge in [0, 0.05) is 31.0 Å². The van der Waals surface area contributed by atoms with Crippen molar-refractivity contribution >= 4 is 29.2 Å². The molecule has 0 unspecified atom stereocenters. The van der Waals surface area contributed by atoms with Crippen molar-refractivity contribution in [3.63, 3.8) is 0 Å². The van der Waals surface area contributed by atoms with Gasteiger partial charge in [0.1, 0.15) is 17.7 Å². The first-order chi connectivity index (χ1) is 22.5. The van der Waals surface area contributed by atoms with Crippen LogP contribution in [0.25, 0.3) is 5.65 Å². The molecular formula is C35H47N9O3. The van der Waals surface area contributed by atoms with Crippen molar-refractivity contribution in [1.82, 2.24) is 34.8 Å². The largest absolute Gasteiger partial charge is 0.484 e. The molecule has 4 aromatic rings. The normalized spacial score (nSPS) is 16.2. The third-order valence-electron chi connectivity index (χ3n) is 8.42. The molecule has 5 rings (SSSR count). The van der Waals surface area contributed by atoms with Crippen LogP contribution in [0.4, 0.5) is 16.6 Å². The second-order valence-corrected chi connectivity index (χ2v) is 13.3. The molecule has 0 fully saturated rings. The summed E-state index contributed by atoms with van der Waals surface area (Å²) in [5.74, 6) is 1.80. The van der Waals surface area contributed by atoms with Gasteiger partial charge in [0.05, 0.1) is 17.9 Å². The Morgan fingerprint density at radius 3 is 2.45 bits per heavy atom. The van der Waals surface area contributed by atoms with E-state index in [2.05, 4.69) is 55.6 Å². The topological polar surface area (TPSA) is 130 Å². The lowest BCUT2D eigenvalue weighted by Gasteiger charge is -2.32. The number of aromatic nitrogens is 5. The molecule has 1 aromatic carbocycles. The standard InChI is InChI=1S/C35H47N9O3/c1-8-43(9-2)34-41-40-31-19-16-23(22-44(31)34)47-28-18-17-26(24-13-10-11-14-25(24)28)36-33(46)39-30-21-29(35(3,4)5)37-32(38-30)27(45)15-12-20-42(6)7/h10-11,13-14,16,19,21-22,26,28H,8-9,12,15,17-18,20H2,1-7H3,(H2,36,37,38,39,46)/t26-,28+/m0/s1. The summed E-state index contributed by atoms with van der Waals surface area (Å²) in [6.45, 7) is 12.7. The Morgan fingerprint density at radius 1 is 1.00 bits per heavy atom. The highest BCUT2D eigenvalue weighted by Gasteiger charge is 2.30. The van der Waals surface area contributed by atoms with E-state index >= 15 is 0 Å². The third-order valence-corrected chi connectivity index (χ3v) is 8.42. The molecule has 12 heteroatoms. The van der Waals surface area contributed by atoms with Gasteiger partial charge in [0.25, 0.3) is 0 Å². The van der Waals surface area contributed by atoms with E-state index in [9.17, 15) is 9.59 Å². The number of carbonyl (C=O) groups excluding carboxylic acids is 2. The van der Waals surface area contributed by atoms with Crippen molar-refractivity contribution in [2.75, 3.05) is 43.9 Å². The molecule has 0 aliphatic heterocycles. The monoisotopic (exact) mass is 641 g/mol. The van der Waals surface area contributed by atoms with E-state index in [0.717, 1.165) is 48.1 Å². The number of Topliss-reactive ketones (excluding diaryl/α,β-unsaturated/α-hetero) is 1. The number of pyridine rings is 1. The molecule has 2 amide bonds. The van der Waals surface area contributed by atoms with Crippen molar-refractivity contribution in [2.45, 2.75) is 77.9 Å². The molecule has 0 saturated carbocycles. The number of rotatable bonds is 12. The Morgan fingerprint density at radius 2 is 1.74 bits per heavy atom. The zero-order valence-electron chi connectivity index (χ0n) is 28.6. The highest BCUT2D eigenvalue weighted by molar-refractivity contribution is 5.94. The van der Waals surface area contributed by atoms with Crippen LogP contribution in [0.2, 0.25) is 0 Å². The highest BCUT2D eigenvalue weighted by atomic mass is 16.5. The van der Waals surface area contributed by atoms with Crippen LogP contribution in [0, 0.1) is 0 Å². The van der Waals surface area contributed by atoms with Crippen LogP contribution in [0.15, 0.2) is 48.7 Å². The molecule has 47 heavy (non-hydrogen) atoms.